The molecule has 0 aliphatic rings. The van der Waals surface area contributed by atoms with E-state index >= 15 is 0 Å². The van der Waals surface area contributed by atoms with Gasteiger partial charge in [0.05, 0.1) is 5.52 Å². The molecular formula is C15H21N3O. The van der Waals surface area contributed by atoms with Crippen molar-refractivity contribution < 1.29 is 4.74 Å². The predicted octanol–water partition coefficient (Wildman–Crippen LogP) is 2.96. The van der Waals surface area contributed by atoms with Crippen LogP contribution < -0.4 is 11.1 Å². The zero-order valence-corrected chi connectivity index (χ0v) is 11.6. The average Bonchev–Trinajstić information content (AvgIpc) is 2.39. The van der Waals surface area contributed by atoms with Crippen molar-refractivity contribution in [2.24, 2.45) is 0 Å². The van der Waals surface area contributed by atoms with E-state index in [1.165, 1.54) is 0 Å². The molecule has 0 aliphatic carbocycles. The van der Waals surface area contributed by atoms with Crippen LogP contribution in [-0.4, -0.2) is 24.7 Å². The molecule has 0 fully saturated rings. The molecule has 0 spiro atoms. The summed E-state index contributed by atoms with van der Waals surface area (Å²) in [6, 6.07) is 7.87. The molecule has 0 bridgehead atoms. The maximum atomic E-state index is 5.85. The quantitative estimate of drug-likeness (QED) is 0.618. The summed E-state index contributed by atoms with van der Waals surface area (Å²) in [5.74, 6) is 0. The van der Waals surface area contributed by atoms with E-state index in [2.05, 4.69) is 16.4 Å². The fourth-order valence-corrected chi connectivity index (χ4v) is 2.06. The molecule has 1 aromatic carbocycles. The van der Waals surface area contributed by atoms with E-state index in [4.69, 9.17) is 10.5 Å². The summed E-state index contributed by atoms with van der Waals surface area (Å²) in [6.45, 7) is 6.45. The summed E-state index contributed by atoms with van der Waals surface area (Å²) in [7, 11) is 0. The minimum absolute atomic E-state index is 0.760. The highest BCUT2D eigenvalue weighted by Gasteiger charge is 2.04. The van der Waals surface area contributed by atoms with Gasteiger partial charge in [-0.05, 0) is 44.5 Å². The molecule has 4 heteroatoms. The van der Waals surface area contributed by atoms with Crippen molar-refractivity contribution in [3.63, 3.8) is 0 Å². The Morgan fingerprint density at radius 3 is 2.95 bits per heavy atom. The van der Waals surface area contributed by atoms with Crippen LogP contribution in [0.1, 0.15) is 19.0 Å². The van der Waals surface area contributed by atoms with Crippen LogP contribution in [0.3, 0.4) is 0 Å². The fourth-order valence-electron chi connectivity index (χ4n) is 2.06. The van der Waals surface area contributed by atoms with Crippen LogP contribution in [0.5, 0.6) is 0 Å². The van der Waals surface area contributed by atoms with Crippen LogP contribution in [0.2, 0.25) is 0 Å². The van der Waals surface area contributed by atoms with Gasteiger partial charge in [0, 0.05) is 42.2 Å². The summed E-state index contributed by atoms with van der Waals surface area (Å²) >= 11 is 0. The molecule has 1 aromatic heterocycles. The molecule has 1 heterocycles. The highest BCUT2D eigenvalue weighted by atomic mass is 16.5. The van der Waals surface area contributed by atoms with Crippen LogP contribution in [0.25, 0.3) is 10.9 Å². The highest BCUT2D eigenvalue weighted by Crippen LogP contribution is 2.25. The molecular weight excluding hydrogens is 238 g/mol. The van der Waals surface area contributed by atoms with Gasteiger partial charge in [0.15, 0.2) is 0 Å². The number of nitrogens with zero attached hydrogens (tertiary/aromatic N) is 1. The molecule has 19 heavy (non-hydrogen) atoms. The molecule has 0 amide bonds. The number of nitrogens with one attached hydrogen (secondary N) is 1. The van der Waals surface area contributed by atoms with Gasteiger partial charge in [-0.15, -0.1) is 0 Å². The number of fused-ring (bicyclic) bond motifs is 1. The van der Waals surface area contributed by atoms with Crippen molar-refractivity contribution in [1.82, 2.24) is 4.98 Å². The number of hydrogen-bond acceptors (Lipinski definition) is 4. The molecule has 0 saturated carbocycles. The Morgan fingerprint density at radius 1 is 1.32 bits per heavy atom. The predicted molar refractivity (Wildman–Crippen MR) is 80.5 cm³/mol. The van der Waals surface area contributed by atoms with E-state index in [1.807, 2.05) is 32.0 Å². The maximum Gasteiger partial charge on any atom is 0.0727 e. The summed E-state index contributed by atoms with van der Waals surface area (Å²) in [5.41, 5.74) is 9.68. The van der Waals surface area contributed by atoms with Gasteiger partial charge in [-0.25, -0.2) is 0 Å². The van der Waals surface area contributed by atoms with Gasteiger partial charge in [-0.3, -0.25) is 4.98 Å². The lowest BCUT2D eigenvalue weighted by atomic mass is 10.1. The number of nitrogens with two attached hydrogens (primary N) is 1. The number of rotatable bonds is 6. The van der Waals surface area contributed by atoms with Crippen LogP contribution >= 0.6 is 0 Å². The number of nitrogen functional groups attached to an aromatic ring is 1. The molecule has 102 valence electrons. The third kappa shape index (κ3) is 3.58. The molecule has 4 nitrogen and oxygen atoms in total. The lowest BCUT2D eigenvalue weighted by Gasteiger charge is -2.11. The molecule has 3 N–H and O–H groups in total. The smallest absolute Gasteiger partial charge is 0.0727 e. The van der Waals surface area contributed by atoms with Crippen molar-refractivity contribution in [1.29, 1.82) is 0 Å². The van der Waals surface area contributed by atoms with Crippen molar-refractivity contribution in [3.8, 4) is 0 Å². The molecule has 0 atom stereocenters. The lowest BCUT2D eigenvalue weighted by molar-refractivity contribution is 0.147. The van der Waals surface area contributed by atoms with E-state index in [0.29, 0.717) is 0 Å². The first-order valence-electron chi connectivity index (χ1n) is 6.69. The SMILES string of the molecule is CCOCCCNc1cc(C)nc2ccc(N)cc12. The first kappa shape index (κ1) is 13.6. The Hall–Kier alpha value is -1.81. The van der Waals surface area contributed by atoms with E-state index in [9.17, 15) is 0 Å². The van der Waals surface area contributed by atoms with Crippen LogP contribution in [0.15, 0.2) is 24.3 Å². The van der Waals surface area contributed by atoms with Gasteiger partial charge < -0.3 is 15.8 Å². The van der Waals surface area contributed by atoms with Gasteiger partial charge in [0.25, 0.3) is 0 Å². The minimum atomic E-state index is 0.760. The Morgan fingerprint density at radius 2 is 2.16 bits per heavy atom. The van der Waals surface area contributed by atoms with Crippen LogP contribution in [-0.2, 0) is 4.74 Å². The van der Waals surface area contributed by atoms with Crippen molar-refractivity contribution in [2.75, 3.05) is 30.8 Å². The number of benzene rings is 1. The fraction of sp³-hybridized carbons (Fsp3) is 0.400. The molecule has 0 aliphatic heterocycles. The monoisotopic (exact) mass is 259 g/mol. The van der Waals surface area contributed by atoms with Crippen LogP contribution in [0, 0.1) is 6.92 Å². The van der Waals surface area contributed by atoms with E-state index in [1.54, 1.807) is 0 Å². The van der Waals surface area contributed by atoms with Crippen molar-refractivity contribution in [2.45, 2.75) is 20.3 Å². The van der Waals surface area contributed by atoms with E-state index < -0.39 is 0 Å². The Labute approximate surface area is 114 Å². The van der Waals surface area contributed by atoms with Gasteiger partial charge >= 0.3 is 0 Å². The Bertz CT molecular complexity index is 554. The number of aryl methyl sites for hydroxylation is 1. The normalized spacial score (nSPS) is 10.8. The van der Waals surface area contributed by atoms with E-state index in [0.717, 1.165) is 54.2 Å². The second-order valence-corrected chi connectivity index (χ2v) is 4.57. The summed E-state index contributed by atoms with van der Waals surface area (Å²) in [6.07, 6.45) is 0.985. The zero-order valence-electron chi connectivity index (χ0n) is 11.6. The molecule has 2 aromatic rings. The third-order valence-electron chi connectivity index (χ3n) is 2.95. The average molecular weight is 259 g/mol. The third-order valence-corrected chi connectivity index (χ3v) is 2.95. The summed E-state index contributed by atoms with van der Waals surface area (Å²) < 4.78 is 5.33. The van der Waals surface area contributed by atoms with Crippen molar-refractivity contribution in [3.05, 3.63) is 30.0 Å². The summed E-state index contributed by atoms with van der Waals surface area (Å²) in [4.78, 5) is 4.51. The number of pyridine rings is 1. The first-order valence-corrected chi connectivity index (χ1v) is 6.69. The van der Waals surface area contributed by atoms with Crippen LogP contribution in [0.4, 0.5) is 11.4 Å². The standard InChI is InChI=1S/C15H21N3O/c1-3-19-8-4-7-17-15-9-11(2)18-14-6-5-12(16)10-13(14)15/h5-6,9-10H,3-4,7-8,16H2,1-2H3,(H,17,18). The number of anilines is 2. The molecule has 2 rings (SSSR count). The topological polar surface area (TPSA) is 60.2 Å². The minimum Gasteiger partial charge on any atom is -0.399 e. The highest BCUT2D eigenvalue weighted by molar-refractivity contribution is 5.93. The first-order chi connectivity index (χ1) is 9.20. The van der Waals surface area contributed by atoms with E-state index in [-0.39, 0.29) is 0 Å². The van der Waals surface area contributed by atoms with Gasteiger partial charge in [0.2, 0.25) is 0 Å². The Balaban J connectivity index is 2.14. The lowest BCUT2D eigenvalue weighted by Crippen LogP contribution is -2.06. The van der Waals surface area contributed by atoms with Gasteiger partial charge in [0.1, 0.15) is 0 Å². The van der Waals surface area contributed by atoms with Gasteiger partial charge in [-0.1, -0.05) is 0 Å². The molecule has 0 unspecified atom stereocenters. The second kappa shape index (κ2) is 6.38. The molecule has 0 saturated heterocycles. The van der Waals surface area contributed by atoms with Crippen molar-refractivity contribution >= 4 is 22.3 Å². The zero-order chi connectivity index (χ0) is 13.7. The maximum absolute atomic E-state index is 5.85. The van der Waals surface area contributed by atoms with Gasteiger partial charge in [-0.2, -0.15) is 0 Å². The molecule has 0 radical (unpaired) electrons. The number of ether oxygens (including phenoxy) is 1. The second-order valence-electron chi connectivity index (χ2n) is 4.57. The Kier molecular flexibility index (Phi) is 4.58. The summed E-state index contributed by atoms with van der Waals surface area (Å²) in [5, 5.41) is 4.51. The number of aromatic nitrogens is 1. The largest absolute Gasteiger partial charge is 0.399 e. The number of hydrogen-bond donors (Lipinski definition) is 2.